The standard InChI is InChI=1S/C9H19N3O5/c1-3(10)8(15)12-2-4-6(13)7(14)5(11)9(16)17-4/h3-7,9,13-14,16H,2,10-11H2,1H3,(H,12,15)/t3-,4+,5+,6+,7+,9?/m0/s1. The summed E-state index contributed by atoms with van der Waals surface area (Å²) < 4.78 is 4.98. The van der Waals surface area contributed by atoms with Crippen molar-refractivity contribution in [3.63, 3.8) is 0 Å². The predicted molar refractivity (Wildman–Crippen MR) is 57.5 cm³/mol. The van der Waals surface area contributed by atoms with Gasteiger partial charge in [0.05, 0.1) is 12.1 Å². The van der Waals surface area contributed by atoms with Gasteiger partial charge in [0.25, 0.3) is 0 Å². The third-order valence-electron chi connectivity index (χ3n) is 2.66. The van der Waals surface area contributed by atoms with E-state index in [-0.39, 0.29) is 6.54 Å². The molecule has 0 aliphatic carbocycles. The normalized spacial score (nSPS) is 39.8. The maximum atomic E-state index is 11.2. The Hall–Kier alpha value is -0.770. The van der Waals surface area contributed by atoms with Gasteiger partial charge in [-0.1, -0.05) is 0 Å². The molecule has 0 spiro atoms. The SMILES string of the molecule is C[C@H](N)C(=O)NC[C@H]1OC(O)[C@H](N)[C@@H](O)[C@@H]1O. The zero-order valence-electron chi connectivity index (χ0n) is 9.48. The Kier molecular flexibility index (Phi) is 4.80. The van der Waals surface area contributed by atoms with E-state index in [4.69, 9.17) is 16.2 Å². The van der Waals surface area contributed by atoms with Crippen molar-refractivity contribution in [2.75, 3.05) is 6.54 Å². The van der Waals surface area contributed by atoms with Crippen molar-refractivity contribution in [3.8, 4) is 0 Å². The summed E-state index contributed by atoms with van der Waals surface area (Å²) in [7, 11) is 0. The second kappa shape index (κ2) is 5.71. The van der Waals surface area contributed by atoms with E-state index in [1.807, 2.05) is 0 Å². The molecule has 17 heavy (non-hydrogen) atoms. The zero-order chi connectivity index (χ0) is 13.2. The number of hydrogen-bond acceptors (Lipinski definition) is 7. The number of ether oxygens (including phenoxy) is 1. The third-order valence-corrected chi connectivity index (χ3v) is 2.66. The summed E-state index contributed by atoms with van der Waals surface area (Å²) in [6.07, 6.45) is -4.90. The highest BCUT2D eigenvalue weighted by Gasteiger charge is 2.41. The maximum Gasteiger partial charge on any atom is 0.236 e. The van der Waals surface area contributed by atoms with Crippen molar-refractivity contribution in [2.24, 2.45) is 11.5 Å². The molecule has 1 amide bonds. The van der Waals surface area contributed by atoms with E-state index in [2.05, 4.69) is 5.32 Å². The molecular formula is C9H19N3O5. The number of nitrogens with one attached hydrogen (secondary N) is 1. The molecule has 0 aromatic carbocycles. The molecular weight excluding hydrogens is 230 g/mol. The highest BCUT2D eigenvalue weighted by molar-refractivity contribution is 5.80. The van der Waals surface area contributed by atoms with Crippen molar-refractivity contribution in [2.45, 2.75) is 43.6 Å². The van der Waals surface area contributed by atoms with Gasteiger partial charge in [-0.2, -0.15) is 0 Å². The summed E-state index contributed by atoms with van der Waals surface area (Å²) >= 11 is 0. The van der Waals surface area contributed by atoms with Crippen LogP contribution in [0.4, 0.5) is 0 Å². The monoisotopic (exact) mass is 249 g/mol. The minimum absolute atomic E-state index is 0.0671. The number of aliphatic hydroxyl groups is 3. The summed E-state index contributed by atoms with van der Waals surface area (Å²) in [5.74, 6) is -0.417. The highest BCUT2D eigenvalue weighted by atomic mass is 16.6. The van der Waals surface area contributed by atoms with Crippen LogP contribution in [0.2, 0.25) is 0 Å². The highest BCUT2D eigenvalue weighted by Crippen LogP contribution is 2.17. The van der Waals surface area contributed by atoms with Crippen molar-refractivity contribution in [3.05, 3.63) is 0 Å². The fraction of sp³-hybridized carbons (Fsp3) is 0.889. The summed E-state index contributed by atoms with van der Waals surface area (Å²) in [5.41, 5.74) is 10.7. The number of nitrogens with two attached hydrogens (primary N) is 2. The second-order valence-electron chi connectivity index (χ2n) is 4.16. The van der Waals surface area contributed by atoms with Crippen LogP contribution in [0.5, 0.6) is 0 Å². The fourth-order valence-electron chi connectivity index (χ4n) is 1.50. The first-order valence-corrected chi connectivity index (χ1v) is 5.33. The number of amides is 1. The van der Waals surface area contributed by atoms with Crippen LogP contribution in [0.25, 0.3) is 0 Å². The fourth-order valence-corrected chi connectivity index (χ4v) is 1.50. The van der Waals surface area contributed by atoms with Crippen LogP contribution in [0, 0.1) is 0 Å². The lowest BCUT2D eigenvalue weighted by molar-refractivity contribution is -0.240. The van der Waals surface area contributed by atoms with Gasteiger partial charge in [0.1, 0.15) is 18.3 Å². The first-order chi connectivity index (χ1) is 7.84. The summed E-state index contributed by atoms with van der Waals surface area (Å²) in [5, 5.41) is 30.9. The van der Waals surface area contributed by atoms with E-state index >= 15 is 0 Å². The van der Waals surface area contributed by atoms with Gasteiger partial charge in [-0.15, -0.1) is 0 Å². The van der Waals surface area contributed by atoms with E-state index < -0.39 is 42.6 Å². The molecule has 8 N–H and O–H groups in total. The van der Waals surface area contributed by atoms with Crippen molar-refractivity contribution in [1.82, 2.24) is 5.32 Å². The van der Waals surface area contributed by atoms with E-state index in [1.54, 1.807) is 0 Å². The molecule has 8 nitrogen and oxygen atoms in total. The van der Waals surface area contributed by atoms with Crippen LogP contribution >= 0.6 is 0 Å². The summed E-state index contributed by atoms with van der Waals surface area (Å²) in [6.45, 7) is 1.44. The van der Waals surface area contributed by atoms with Crippen LogP contribution in [0.1, 0.15) is 6.92 Å². The Labute approximate surface area is 98.5 Å². The molecule has 1 fully saturated rings. The maximum absolute atomic E-state index is 11.2. The lowest BCUT2D eigenvalue weighted by Crippen LogP contribution is -2.63. The average molecular weight is 249 g/mol. The molecule has 8 heteroatoms. The first-order valence-electron chi connectivity index (χ1n) is 5.33. The Balaban J connectivity index is 2.51. The molecule has 1 rings (SSSR count). The molecule has 1 aliphatic heterocycles. The molecule has 0 aromatic heterocycles. The Bertz CT molecular complexity index is 275. The van der Waals surface area contributed by atoms with Crippen molar-refractivity contribution < 1.29 is 24.9 Å². The van der Waals surface area contributed by atoms with Crippen LogP contribution in [0.15, 0.2) is 0 Å². The van der Waals surface area contributed by atoms with Gasteiger partial charge in [0.15, 0.2) is 6.29 Å². The molecule has 1 unspecified atom stereocenters. The summed E-state index contributed by atoms with van der Waals surface area (Å²) in [4.78, 5) is 11.2. The molecule has 1 aliphatic rings. The third kappa shape index (κ3) is 3.35. The van der Waals surface area contributed by atoms with Gasteiger partial charge in [-0.25, -0.2) is 0 Å². The average Bonchev–Trinajstić information content (AvgIpc) is 2.28. The van der Waals surface area contributed by atoms with Crippen molar-refractivity contribution in [1.29, 1.82) is 0 Å². The van der Waals surface area contributed by atoms with Crippen molar-refractivity contribution >= 4 is 5.91 Å². The summed E-state index contributed by atoms with van der Waals surface area (Å²) in [6, 6.07) is -1.77. The van der Waals surface area contributed by atoms with Gasteiger partial charge >= 0.3 is 0 Å². The largest absolute Gasteiger partial charge is 0.388 e. The molecule has 100 valence electrons. The molecule has 0 radical (unpaired) electrons. The van der Waals surface area contributed by atoms with E-state index in [0.29, 0.717) is 0 Å². The van der Waals surface area contributed by atoms with E-state index in [1.165, 1.54) is 6.92 Å². The molecule has 0 aromatic rings. The van der Waals surface area contributed by atoms with Gasteiger partial charge < -0.3 is 36.8 Å². The quantitative estimate of drug-likeness (QED) is 0.300. The van der Waals surface area contributed by atoms with Gasteiger partial charge in [0, 0.05) is 6.54 Å². The molecule has 6 atom stereocenters. The van der Waals surface area contributed by atoms with Crippen LogP contribution in [0.3, 0.4) is 0 Å². The number of hydrogen-bond donors (Lipinski definition) is 6. The Morgan fingerprint density at radius 1 is 1.41 bits per heavy atom. The zero-order valence-corrected chi connectivity index (χ0v) is 9.48. The Morgan fingerprint density at radius 3 is 2.53 bits per heavy atom. The number of carbonyl (C=O) groups is 1. The lowest BCUT2D eigenvalue weighted by Gasteiger charge is -2.39. The molecule has 1 saturated heterocycles. The number of carbonyl (C=O) groups excluding carboxylic acids is 1. The number of aliphatic hydroxyl groups excluding tert-OH is 3. The van der Waals surface area contributed by atoms with E-state index in [0.717, 1.165) is 0 Å². The van der Waals surface area contributed by atoms with Crippen LogP contribution < -0.4 is 16.8 Å². The lowest BCUT2D eigenvalue weighted by atomic mass is 9.97. The van der Waals surface area contributed by atoms with Gasteiger partial charge in [-0.05, 0) is 6.92 Å². The van der Waals surface area contributed by atoms with Crippen LogP contribution in [-0.2, 0) is 9.53 Å². The van der Waals surface area contributed by atoms with Gasteiger partial charge in [-0.3, -0.25) is 4.79 Å². The second-order valence-corrected chi connectivity index (χ2v) is 4.16. The number of rotatable bonds is 3. The minimum atomic E-state index is -1.38. The molecule has 1 heterocycles. The van der Waals surface area contributed by atoms with Gasteiger partial charge in [0.2, 0.25) is 5.91 Å². The molecule has 0 saturated carbocycles. The smallest absolute Gasteiger partial charge is 0.236 e. The van der Waals surface area contributed by atoms with E-state index in [9.17, 15) is 20.1 Å². The predicted octanol–water partition coefficient (Wildman–Crippen LogP) is -3.78. The topological polar surface area (TPSA) is 151 Å². The molecule has 0 bridgehead atoms. The minimum Gasteiger partial charge on any atom is -0.388 e. The Morgan fingerprint density at radius 2 is 2.00 bits per heavy atom. The first kappa shape index (κ1) is 14.3. The van der Waals surface area contributed by atoms with Crippen LogP contribution in [-0.4, -0.2) is 64.5 Å².